The van der Waals surface area contributed by atoms with Crippen LogP contribution >= 0.6 is 11.8 Å². The van der Waals surface area contributed by atoms with Gasteiger partial charge in [-0.05, 0) is 36.4 Å². The molecule has 5 nitrogen and oxygen atoms in total. The van der Waals surface area contributed by atoms with Crippen LogP contribution in [0.1, 0.15) is 12.8 Å². The predicted molar refractivity (Wildman–Crippen MR) is 98.2 cm³/mol. The first-order valence-electron chi connectivity index (χ1n) is 8.37. The molecule has 0 unspecified atom stereocenters. The van der Waals surface area contributed by atoms with Crippen LogP contribution in [0, 0.1) is 0 Å². The number of thioether (sulfide) groups is 1. The molecule has 6 heteroatoms. The Morgan fingerprint density at radius 3 is 2.52 bits per heavy atom. The molecule has 132 valence electrons. The fourth-order valence-corrected chi connectivity index (χ4v) is 3.49. The molecule has 2 heterocycles. The molecule has 1 aromatic heterocycles. The lowest BCUT2D eigenvalue weighted by atomic mass is 10.1. The third kappa shape index (κ3) is 5.13. The van der Waals surface area contributed by atoms with Crippen molar-refractivity contribution < 1.29 is 14.3 Å². The van der Waals surface area contributed by atoms with E-state index in [9.17, 15) is 4.79 Å². The summed E-state index contributed by atoms with van der Waals surface area (Å²) < 4.78 is 11.2. The number of hydrogen-bond acceptors (Lipinski definition) is 5. The van der Waals surface area contributed by atoms with Gasteiger partial charge in [-0.1, -0.05) is 17.8 Å². The molecule has 1 aliphatic rings. The number of rotatable bonds is 6. The van der Waals surface area contributed by atoms with Gasteiger partial charge in [-0.25, -0.2) is 4.98 Å². The van der Waals surface area contributed by atoms with E-state index in [4.69, 9.17) is 9.47 Å². The van der Waals surface area contributed by atoms with Crippen LogP contribution in [0.25, 0.3) is 0 Å². The van der Waals surface area contributed by atoms with Crippen LogP contribution in [-0.2, 0) is 4.79 Å². The molecular weight excluding hydrogens is 336 g/mol. The lowest BCUT2D eigenvalue weighted by Gasteiger charge is -2.32. The normalized spacial score (nSPS) is 15.0. The van der Waals surface area contributed by atoms with E-state index in [1.54, 1.807) is 13.3 Å². The molecule has 0 atom stereocenters. The van der Waals surface area contributed by atoms with Crippen LogP contribution in [-0.4, -0.2) is 47.8 Å². The van der Waals surface area contributed by atoms with Crippen molar-refractivity contribution in [2.24, 2.45) is 0 Å². The number of nitrogens with zero attached hydrogens (tertiary/aromatic N) is 2. The first-order chi connectivity index (χ1) is 12.2. The second-order valence-electron chi connectivity index (χ2n) is 5.83. The third-order valence-corrected chi connectivity index (χ3v) is 5.07. The van der Waals surface area contributed by atoms with E-state index in [1.165, 1.54) is 11.8 Å². The molecule has 0 aliphatic carbocycles. The van der Waals surface area contributed by atoms with Gasteiger partial charge >= 0.3 is 0 Å². The molecule has 1 saturated heterocycles. The minimum atomic E-state index is 0.154. The van der Waals surface area contributed by atoms with Crippen molar-refractivity contribution in [3.05, 3.63) is 48.7 Å². The van der Waals surface area contributed by atoms with Crippen molar-refractivity contribution in [3.63, 3.8) is 0 Å². The summed E-state index contributed by atoms with van der Waals surface area (Å²) in [7, 11) is 1.65. The smallest absolute Gasteiger partial charge is 0.232 e. The maximum Gasteiger partial charge on any atom is 0.232 e. The Bertz CT molecular complexity index is 671. The Kier molecular flexibility index (Phi) is 6.17. The van der Waals surface area contributed by atoms with E-state index in [1.807, 2.05) is 47.4 Å². The van der Waals surface area contributed by atoms with Gasteiger partial charge < -0.3 is 14.4 Å². The summed E-state index contributed by atoms with van der Waals surface area (Å²) >= 11 is 1.48. The average Bonchev–Trinajstić information content (AvgIpc) is 2.68. The van der Waals surface area contributed by atoms with Gasteiger partial charge in [0, 0.05) is 32.1 Å². The van der Waals surface area contributed by atoms with E-state index >= 15 is 0 Å². The first kappa shape index (κ1) is 17.6. The number of pyridine rings is 1. The largest absolute Gasteiger partial charge is 0.497 e. The Morgan fingerprint density at radius 2 is 1.88 bits per heavy atom. The average molecular weight is 358 g/mol. The number of hydrogen-bond donors (Lipinski definition) is 0. The molecule has 0 spiro atoms. The number of amides is 1. The number of carbonyl (C=O) groups excluding carboxylic acids is 1. The Balaban J connectivity index is 1.42. The summed E-state index contributed by atoms with van der Waals surface area (Å²) in [6, 6.07) is 13.3. The van der Waals surface area contributed by atoms with Gasteiger partial charge in [0.15, 0.2) is 0 Å². The quantitative estimate of drug-likeness (QED) is 0.742. The maximum atomic E-state index is 12.3. The van der Waals surface area contributed by atoms with Crippen LogP contribution in [0.3, 0.4) is 0 Å². The molecule has 0 bridgehead atoms. The lowest BCUT2D eigenvalue weighted by Crippen LogP contribution is -2.42. The number of likely N-dealkylation sites (tertiary alicyclic amines) is 1. The highest BCUT2D eigenvalue weighted by molar-refractivity contribution is 7.99. The molecule has 0 saturated carbocycles. The molecule has 1 aromatic carbocycles. The van der Waals surface area contributed by atoms with Gasteiger partial charge in [-0.15, -0.1) is 0 Å². The summed E-state index contributed by atoms with van der Waals surface area (Å²) in [5.41, 5.74) is 0. The van der Waals surface area contributed by atoms with E-state index in [0.29, 0.717) is 5.75 Å². The number of piperidine rings is 1. The maximum absolute atomic E-state index is 12.3. The second-order valence-corrected chi connectivity index (χ2v) is 6.83. The second kappa shape index (κ2) is 8.76. The van der Waals surface area contributed by atoms with Crippen LogP contribution in [0.2, 0.25) is 0 Å². The number of methoxy groups -OCH3 is 1. The molecule has 25 heavy (non-hydrogen) atoms. The highest BCUT2D eigenvalue weighted by Gasteiger charge is 2.24. The Morgan fingerprint density at radius 1 is 1.16 bits per heavy atom. The van der Waals surface area contributed by atoms with E-state index in [0.717, 1.165) is 42.5 Å². The molecule has 1 amide bonds. The zero-order valence-electron chi connectivity index (χ0n) is 14.3. The molecule has 1 aliphatic heterocycles. The summed E-state index contributed by atoms with van der Waals surface area (Å²) in [6.07, 6.45) is 3.60. The van der Waals surface area contributed by atoms with Gasteiger partial charge in [0.05, 0.1) is 17.9 Å². The van der Waals surface area contributed by atoms with Crippen molar-refractivity contribution in [2.75, 3.05) is 26.0 Å². The van der Waals surface area contributed by atoms with Gasteiger partial charge in [0.1, 0.15) is 17.6 Å². The van der Waals surface area contributed by atoms with Gasteiger partial charge in [-0.3, -0.25) is 4.79 Å². The van der Waals surface area contributed by atoms with Crippen molar-refractivity contribution >= 4 is 17.7 Å². The molecular formula is C19H22N2O3S. The Hall–Kier alpha value is -2.21. The fourth-order valence-electron chi connectivity index (χ4n) is 2.73. The van der Waals surface area contributed by atoms with Crippen molar-refractivity contribution in [2.45, 2.75) is 24.0 Å². The highest BCUT2D eigenvalue weighted by Crippen LogP contribution is 2.22. The number of aromatic nitrogens is 1. The minimum Gasteiger partial charge on any atom is -0.497 e. The third-order valence-electron chi connectivity index (χ3n) is 4.14. The SMILES string of the molecule is COc1ccc(OC2CCN(C(=O)CSc3ccccn3)CC2)cc1. The van der Waals surface area contributed by atoms with Crippen molar-refractivity contribution in [1.82, 2.24) is 9.88 Å². The predicted octanol–water partition coefficient (Wildman–Crippen LogP) is 3.25. The number of carbonyl (C=O) groups is 1. The summed E-state index contributed by atoms with van der Waals surface area (Å²) in [6.45, 7) is 1.48. The number of ether oxygens (including phenoxy) is 2. The van der Waals surface area contributed by atoms with Crippen LogP contribution in [0.5, 0.6) is 11.5 Å². The van der Waals surface area contributed by atoms with E-state index in [2.05, 4.69) is 4.98 Å². The molecule has 2 aromatic rings. The van der Waals surface area contributed by atoms with E-state index < -0.39 is 0 Å². The first-order valence-corrected chi connectivity index (χ1v) is 9.35. The summed E-state index contributed by atoms with van der Waals surface area (Å²) in [5.74, 6) is 2.26. The van der Waals surface area contributed by atoms with Gasteiger partial charge in [0.25, 0.3) is 0 Å². The summed E-state index contributed by atoms with van der Waals surface area (Å²) in [4.78, 5) is 18.5. The minimum absolute atomic E-state index is 0.154. The Labute approximate surface area is 152 Å². The highest BCUT2D eigenvalue weighted by atomic mass is 32.2. The zero-order chi connectivity index (χ0) is 17.5. The van der Waals surface area contributed by atoms with Crippen LogP contribution in [0.4, 0.5) is 0 Å². The van der Waals surface area contributed by atoms with Gasteiger partial charge in [0.2, 0.25) is 5.91 Å². The number of benzene rings is 1. The summed E-state index contributed by atoms with van der Waals surface area (Å²) in [5, 5.41) is 0.883. The fraction of sp³-hybridized carbons (Fsp3) is 0.368. The lowest BCUT2D eigenvalue weighted by molar-refractivity contribution is -0.130. The standard InChI is InChI=1S/C19H22N2O3S/c1-23-15-5-7-16(8-6-15)24-17-9-12-21(13-10-17)19(22)14-25-18-4-2-3-11-20-18/h2-8,11,17H,9-10,12-14H2,1H3. The van der Waals surface area contributed by atoms with E-state index in [-0.39, 0.29) is 12.0 Å². The van der Waals surface area contributed by atoms with Gasteiger partial charge in [-0.2, -0.15) is 0 Å². The van der Waals surface area contributed by atoms with Crippen LogP contribution in [0.15, 0.2) is 53.7 Å². The molecule has 0 radical (unpaired) electrons. The monoisotopic (exact) mass is 358 g/mol. The zero-order valence-corrected chi connectivity index (χ0v) is 15.1. The topological polar surface area (TPSA) is 51.7 Å². The molecule has 3 rings (SSSR count). The van der Waals surface area contributed by atoms with Crippen molar-refractivity contribution in [3.8, 4) is 11.5 Å². The van der Waals surface area contributed by atoms with Crippen molar-refractivity contribution in [1.29, 1.82) is 0 Å². The molecule has 0 N–H and O–H groups in total. The molecule has 1 fully saturated rings. The van der Waals surface area contributed by atoms with Crippen LogP contribution < -0.4 is 9.47 Å².